The highest BCUT2D eigenvalue weighted by Gasteiger charge is 2.24. The second-order valence-corrected chi connectivity index (χ2v) is 18.4. The molecule has 3 N–H and O–H groups in total. The summed E-state index contributed by atoms with van der Waals surface area (Å²) in [6, 6.07) is -0.715. The lowest BCUT2D eigenvalue weighted by Crippen LogP contribution is -2.46. The molecule has 0 aromatic rings. The van der Waals surface area contributed by atoms with Crippen molar-refractivity contribution in [3.05, 3.63) is 60.8 Å². The molecule has 0 aromatic carbocycles. The van der Waals surface area contributed by atoms with Gasteiger partial charge in [0.2, 0.25) is 5.91 Å². The van der Waals surface area contributed by atoms with Crippen LogP contribution in [0, 0.1) is 0 Å². The standard InChI is InChI=1S/C57H103NO5/c1-4-7-10-13-16-19-22-24-26-28-30-32-35-38-41-44-47-50-57(62)63-53(48-45-42-39-36-34-31-29-27-25-23-20-17-14-11-8-5-2)51-56(61)58-54(52-59)55(60)49-46-43-40-37-33-21-18-15-12-9-6-3/h11,14,17,20,23,25,27,29,31,34,53-55,59-60H,4-10,12-13,15-16,18-19,21-22,24,26,28,30,32-33,35-52H2,1-3H3,(H,58,61)/b14-11+,20-17+,25-23+,29-27+,34-31+. The third-order valence-corrected chi connectivity index (χ3v) is 12.2. The molecule has 0 fully saturated rings. The van der Waals surface area contributed by atoms with Gasteiger partial charge in [0, 0.05) is 6.42 Å². The van der Waals surface area contributed by atoms with E-state index in [9.17, 15) is 19.8 Å². The van der Waals surface area contributed by atoms with Crippen molar-refractivity contribution >= 4 is 11.9 Å². The van der Waals surface area contributed by atoms with Crippen LogP contribution in [-0.2, 0) is 14.3 Å². The predicted molar refractivity (Wildman–Crippen MR) is 273 cm³/mol. The Kier molecular flexibility index (Phi) is 48.6. The summed E-state index contributed by atoms with van der Waals surface area (Å²) >= 11 is 0. The Morgan fingerprint density at radius 2 is 0.841 bits per heavy atom. The van der Waals surface area contributed by atoms with Crippen molar-refractivity contribution < 1.29 is 24.5 Å². The highest BCUT2D eigenvalue weighted by Crippen LogP contribution is 2.18. The van der Waals surface area contributed by atoms with Gasteiger partial charge < -0.3 is 20.3 Å². The fourth-order valence-electron chi connectivity index (χ4n) is 8.11. The maximum absolute atomic E-state index is 13.2. The molecule has 3 atom stereocenters. The van der Waals surface area contributed by atoms with Gasteiger partial charge in [0.25, 0.3) is 0 Å². The van der Waals surface area contributed by atoms with Crippen molar-refractivity contribution in [1.82, 2.24) is 5.32 Å². The summed E-state index contributed by atoms with van der Waals surface area (Å²) < 4.78 is 5.93. The van der Waals surface area contributed by atoms with E-state index in [1.807, 2.05) is 36.5 Å². The summed E-state index contributed by atoms with van der Waals surface area (Å²) in [6.07, 6.45) is 62.8. The Balaban J connectivity index is 4.64. The molecular formula is C57H103NO5. The van der Waals surface area contributed by atoms with E-state index in [1.165, 1.54) is 148 Å². The minimum absolute atomic E-state index is 0.0505. The smallest absolute Gasteiger partial charge is 0.306 e. The number of aliphatic hydroxyl groups excluding tert-OH is 2. The van der Waals surface area contributed by atoms with E-state index in [0.29, 0.717) is 19.3 Å². The molecule has 0 saturated carbocycles. The summed E-state index contributed by atoms with van der Waals surface area (Å²) in [7, 11) is 0. The normalized spacial score (nSPS) is 13.7. The first-order valence-electron chi connectivity index (χ1n) is 27.1. The van der Waals surface area contributed by atoms with E-state index in [2.05, 4.69) is 50.4 Å². The number of esters is 1. The number of aliphatic hydroxyl groups is 2. The SMILES string of the molecule is CCC/C=C/C=C/C=C/C=C/C=C/CCCCCC(CC(=O)NC(CO)C(O)CCCCCCCCCCCCC)OC(=O)CCCCCCCCCCCCCCCCCCC. The molecule has 63 heavy (non-hydrogen) atoms. The molecule has 6 heteroatoms. The third kappa shape index (κ3) is 45.9. The topological polar surface area (TPSA) is 95.9 Å². The number of carbonyl (C=O) groups excluding carboxylic acids is 2. The molecule has 3 unspecified atom stereocenters. The fourth-order valence-corrected chi connectivity index (χ4v) is 8.11. The van der Waals surface area contributed by atoms with E-state index in [-0.39, 0.29) is 24.9 Å². The number of rotatable bonds is 48. The Morgan fingerprint density at radius 1 is 0.460 bits per heavy atom. The molecule has 0 heterocycles. The predicted octanol–water partition coefficient (Wildman–Crippen LogP) is 16.4. The first-order valence-corrected chi connectivity index (χ1v) is 27.1. The van der Waals surface area contributed by atoms with Gasteiger partial charge in [-0.15, -0.1) is 0 Å². The first-order chi connectivity index (χ1) is 31.0. The molecule has 366 valence electrons. The molecule has 0 aliphatic carbocycles. The number of ether oxygens (including phenoxy) is 1. The Hall–Kier alpha value is -2.44. The van der Waals surface area contributed by atoms with E-state index in [0.717, 1.165) is 70.6 Å². The molecule has 0 spiro atoms. The van der Waals surface area contributed by atoms with Crippen LogP contribution in [0.1, 0.15) is 265 Å². The van der Waals surface area contributed by atoms with E-state index in [1.54, 1.807) is 0 Å². The lowest BCUT2D eigenvalue weighted by atomic mass is 10.0. The summed E-state index contributed by atoms with van der Waals surface area (Å²) in [6.45, 7) is 6.39. The van der Waals surface area contributed by atoms with E-state index < -0.39 is 18.2 Å². The number of nitrogens with one attached hydrogen (secondary N) is 1. The molecule has 0 aromatic heterocycles. The number of hydrogen-bond acceptors (Lipinski definition) is 5. The van der Waals surface area contributed by atoms with Crippen molar-refractivity contribution in [2.75, 3.05) is 6.61 Å². The summed E-state index contributed by atoms with van der Waals surface area (Å²) in [4.78, 5) is 26.2. The zero-order chi connectivity index (χ0) is 45.9. The number of hydrogen-bond donors (Lipinski definition) is 3. The van der Waals surface area contributed by atoms with Gasteiger partial charge in [-0.3, -0.25) is 9.59 Å². The summed E-state index contributed by atoms with van der Waals surface area (Å²) in [5, 5.41) is 23.8. The Morgan fingerprint density at radius 3 is 1.29 bits per heavy atom. The van der Waals surface area contributed by atoms with Crippen LogP contribution in [0.15, 0.2) is 60.8 Å². The number of carbonyl (C=O) groups is 2. The first kappa shape index (κ1) is 60.6. The van der Waals surface area contributed by atoms with Crippen LogP contribution in [0.25, 0.3) is 0 Å². The van der Waals surface area contributed by atoms with Gasteiger partial charge in [0.15, 0.2) is 0 Å². The molecule has 0 aliphatic rings. The molecule has 6 nitrogen and oxygen atoms in total. The van der Waals surface area contributed by atoms with Gasteiger partial charge in [-0.05, 0) is 44.9 Å². The monoisotopic (exact) mass is 882 g/mol. The largest absolute Gasteiger partial charge is 0.462 e. The molecule has 1 amide bonds. The quantitative estimate of drug-likeness (QED) is 0.0321. The molecule has 0 radical (unpaired) electrons. The molecule has 0 saturated heterocycles. The van der Waals surface area contributed by atoms with Crippen LogP contribution in [0.2, 0.25) is 0 Å². The molecule has 0 aliphatic heterocycles. The Labute approximate surface area is 390 Å². The van der Waals surface area contributed by atoms with Crippen molar-refractivity contribution in [2.45, 2.75) is 283 Å². The van der Waals surface area contributed by atoms with Gasteiger partial charge in [-0.1, -0.05) is 268 Å². The van der Waals surface area contributed by atoms with Gasteiger partial charge in [0.1, 0.15) is 6.10 Å². The second-order valence-electron chi connectivity index (χ2n) is 18.4. The van der Waals surface area contributed by atoms with Gasteiger partial charge in [-0.25, -0.2) is 0 Å². The highest BCUT2D eigenvalue weighted by molar-refractivity contribution is 5.77. The zero-order valence-corrected chi connectivity index (χ0v) is 41.7. The minimum Gasteiger partial charge on any atom is -0.462 e. The lowest BCUT2D eigenvalue weighted by Gasteiger charge is -2.24. The maximum Gasteiger partial charge on any atom is 0.306 e. The summed E-state index contributed by atoms with van der Waals surface area (Å²) in [5.74, 6) is -0.508. The van der Waals surface area contributed by atoms with Crippen LogP contribution in [0.3, 0.4) is 0 Å². The average molecular weight is 882 g/mol. The van der Waals surface area contributed by atoms with Crippen LogP contribution in [-0.4, -0.2) is 46.9 Å². The van der Waals surface area contributed by atoms with Gasteiger partial charge >= 0.3 is 5.97 Å². The second kappa shape index (κ2) is 50.6. The summed E-state index contributed by atoms with van der Waals surface area (Å²) in [5.41, 5.74) is 0. The van der Waals surface area contributed by atoms with Crippen LogP contribution < -0.4 is 5.32 Å². The van der Waals surface area contributed by atoms with E-state index >= 15 is 0 Å². The van der Waals surface area contributed by atoms with Crippen LogP contribution in [0.4, 0.5) is 0 Å². The van der Waals surface area contributed by atoms with Crippen molar-refractivity contribution in [2.24, 2.45) is 0 Å². The van der Waals surface area contributed by atoms with Crippen LogP contribution >= 0.6 is 0 Å². The number of unbranched alkanes of at least 4 members (excludes halogenated alkanes) is 30. The average Bonchev–Trinajstić information content (AvgIpc) is 3.28. The van der Waals surface area contributed by atoms with Crippen LogP contribution in [0.5, 0.6) is 0 Å². The molecule has 0 bridgehead atoms. The fraction of sp³-hybridized carbons (Fsp3) is 0.789. The van der Waals surface area contributed by atoms with Crippen molar-refractivity contribution in [3.8, 4) is 0 Å². The molecule has 0 rings (SSSR count). The lowest BCUT2D eigenvalue weighted by molar-refractivity contribution is -0.151. The zero-order valence-electron chi connectivity index (χ0n) is 41.7. The number of amides is 1. The third-order valence-electron chi connectivity index (χ3n) is 12.2. The van der Waals surface area contributed by atoms with Gasteiger partial charge in [-0.2, -0.15) is 0 Å². The Bertz CT molecular complexity index is 1130. The van der Waals surface area contributed by atoms with Crippen molar-refractivity contribution in [1.29, 1.82) is 0 Å². The van der Waals surface area contributed by atoms with Crippen molar-refractivity contribution in [3.63, 3.8) is 0 Å². The van der Waals surface area contributed by atoms with Gasteiger partial charge in [0.05, 0.1) is 25.2 Å². The maximum atomic E-state index is 13.2. The number of allylic oxidation sites excluding steroid dienone is 10. The highest BCUT2D eigenvalue weighted by atomic mass is 16.5. The molecular weight excluding hydrogens is 779 g/mol. The van der Waals surface area contributed by atoms with E-state index in [4.69, 9.17) is 4.74 Å². The minimum atomic E-state index is -0.799.